The first kappa shape index (κ1) is 13.8. The van der Waals surface area contributed by atoms with E-state index in [0.717, 1.165) is 17.8 Å². The number of rotatable bonds is 4. The summed E-state index contributed by atoms with van der Waals surface area (Å²) in [4.78, 5) is 16.1. The average molecular weight is 300 g/mol. The fraction of sp³-hybridized carbons (Fsp3) is 0.250. The standard InChI is InChI=1S/C16H16N2O2S/c1-3-14-17-13-6-4-5-12(16(19)20)15(13)18(14)10(2)11-7-8-21-9-11/h4-10H,3H2,1-2H3,(H,19,20). The van der Waals surface area contributed by atoms with Crippen LogP contribution < -0.4 is 0 Å². The third-order valence-electron chi connectivity index (χ3n) is 3.74. The Morgan fingerprint density at radius 1 is 1.43 bits per heavy atom. The first-order valence-electron chi connectivity index (χ1n) is 6.88. The lowest BCUT2D eigenvalue weighted by Crippen LogP contribution is -2.11. The topological polar surface area (TPSA) is 55.1 Å². The third kappa shape index (κ3) is 2.23. The average Bonchev–Trinajstić information content (AvgIpc) is 3.12. The number of carboxylic acid groups (broad SMARTS) is 1. The van der Waals surface area contributed by atoms with E-state index in [4.69, 9.17) is 0 Å². The summed E-state index contributed by atoms with van der Waals surface area (Å²) in [6.07, 6.45) is 0.766. The summed E-state index contributed by atoms with van der Waals surface area (Å²) in [6, 6.07) is 7.40. The van der Waals surface area contributed by atoms with Crippen LogP contribution >= 0.6 is 11.3 Å². The molecule has 0 saturated heterocycles. The Bertz CT molecular complexity index is 790. The Balaban J connectivity index is 2.31. The Morgan fingerprint density at radius 3 is 2.86 bits per heavy atom. The highest BCUT2D eigenvalue weighted by Crippen LogP contribution is 2.29. The van der Waals surface area contributed by atoms with Gasteiger partial charge in [-0.15, -0.1) is 0 Å². The second-order valence-electron chi connectivity index (χ2n) is 4.96. The summed E-state index contributed by atoms with van der Waals surface area (Å²) in [5.74, 6) is -0.000628. The number of aromatic nitrogens is 2. The van der Waals surface area contributed by atoms with E-state index in [1.165, 1.54) is 5.56 Å². The molecule has 1 atom stereocenters. The van der Waals surface area contributed by atoms with Gasteiger partial charge in [0, 0.05) is 6.42 Å². The number of aromatic carboxylic acids is 1. The summed E-state index contributed by atoms with van der Waals surface area (Å²) in [5.41, 5.74) is 2.94. The lowest BCUT2D eigenvalue weighted by molar-refractivity contribution is 0.0698. The van der Waals surface area contributed by atoms with Crippen LogP contribution in [0.2, 0.25) is 0 Å². The maximum atomic E-state index is 11.5. The number of imidazole rings is 1. The predicted molar refractivity (Wildman–Crippen MR) is 84.2 cm³/mol. The molecule has 5 heteroatoms. The van der Waals surface area contributed by atoms with Crippen LogP contribution in [-0.4, -0.2) is 20.6 Å². The molecular weight excluding hydrogens is 284 g/mol. The zero-order valence-corrected chi connectivity index (χ0v) is 12.7. The minimum absolute atomic E-state index is 0.0664. The van der Waals surface area contributed by atoms with Gasteiger partial charge in [-0.05, 0) is 41.4 Å². The SMILES string of the molecule is CCc1nc2cccc(C(=O)O)c2n1C(C)c1ccsc1. The lowest BCUT2D eigenvalue weighted by Gasteiger charge is -2.17. The normalized spacial score (nSPS) is 12.7. The summed E-state index contributed by atoms with van der Waals surface area (Å²) < 4.78 is 2.06. The van der Waals surface area contributed by atoms with Crippen molar-refractivity contribution in [3.8, 4) is 0 Å². The third-order valence-corrected chi connectivity index (χ3v) is 4.44. The molecule has 0 amide bonds. The predicted octanol–water partition coefficient (Wildman–Crippen LogP) is 3.97. The van der Waals surface area contributed by atoms with Gasteiger partial charge in [0.25, 0.3) is 0 Å². The van der Waals surface area contributed by atoms with E-state index in [2.05, 4.69) is 27.9 Å². The monoisotopic (exact) mass is 300 g/mol. The van der Waals surface area contributed by atoms with E-state index in [1.54, 1.807) is 23.5 Å². The number of benzene rings is 1. The van der Waals surface area contributed by atoms with Crippen LogP contribution in [0, 0.1) is 0 Å². The molecule has 0 fully saturated rings. The van der Waals surface area contributed by atoms with Gasteiger partial charge in [-0.25, -0.2) is 9.78 Å². The summed E-state index contributed by atoms with van der Waals surface area (Å²) in [5, 5.41) is 13.6. The fourth-order valence-electron chi connectivity index (χ4n) is 2.70. The molecule has 0 spiro atoms. The van der Waals surface area contributed by atoms with Crippen LogP contribution in [0.15, 0.2) is 35.0 Å². The zero-order valence-electron chi connectivity index (χ0n) is 11.9. The van der Waals surface area contributed by atoms with Gasteiger partial charge in [0.15, 0.2) is 0 Å². The van der Waals surface area contributed by atoms with Crippen LogP contribution in [0.4, 0.5) is 0 Å². The number of hydrogen-bond acceptors (Lipinski definition) is 3. The van der Waals surface area contributed by atoms with E-state index < -0.39 is 5.97 Å². The molecule has 21 heavy (non-hydrogen) atoms. The van der Waals surface area contributed by atoms with Crippen LogP contribution in [0.1, 0.15) is 41.6 Å². The second-order valence-corrected chi connectivity index (χ2v) is 5.74. The van der Waals surface area contributed by atoms with Gasteiger partial charge in [-0.3, -0.25) is 0 Å². The van der Waals surface area contributed by atoms with Crippen LogP contribution in [0.5, 0.6) is 0 Å². The highest BCUT2D eigenvalue weighted by atomic mass is 32.1. The van der Waals surface area contributed by atoms with Gasteiger partial charge in [0.1, 0.15) is 5.82 Å². The van der Waals surface area contributed by atoms with Crippen molar-refractivity contribution in [2.75, 3.05) is 0 Å². The molecule has 1 N–H and O–H groups in total. The van der Waals surface area contributed by atoms with E-state index in [-0.39, 0.29) is 6.04 Å². The molecule has 108 valence electrons. The van der Waals surface area contributed by atoms with E-state index in [1.807, 2.05) is 18.4 Å². The van der Waals surface area contributed by atoms with E-state index in [0.29, 0.717) is 11.1 Å². The van der Waals surface area contributed by atoms with Crippen LogP contribution in [0.25, 0.3) is 11.0 Å². The van der Waals surface area contributed by atoms with E-state index >= 15 is 0 Å². The van der Waals surface area contributed by atoms with Crippen molar-refractivity contribution >= 4 is 28.3 Å². The highest BCUT2D eigenvalue weighted by Gasteiger charge is 2.21. The van der Waals surface area contributed by atoms with Crippen molar-refractivity contribution in [3.05, 3.63) is 52.0 Å². The van der Waals surface area contributed by atoms with Crippen molar-refractivity contribution in [1.29, 1.82) is 0 Å². The maximum absolute atomic E-state index is 11.5. The minimum atomic E-state index is -0.915. The van der Waals surface area contributed by atoms with Gasteiger partial charge in [-0.1, -0.05) is 13.0 Å². The number of para-hydroxylation sites is 1. The number of hydrogen-bond donors (Lipinski definition) is 1. The molecule has 1 unspecified atom stereocenters. The van der Waals surface area contributed by atoms with Crippen LogP contribution in [-0.2, 0) is 6.42 Å². The van der Waals surface area contributed by atoms with Crippen molar-refractivity contribution in [3.63, 3.8) is 0 Å². The van der Waals surface area contributed by atoms with E-state index in [9.17, 15) is 9.90 Å². The largest absolute Gasteiger partial charge is 0.478 e. The zero-order chi connectivity index (χ0) is 15.0. The lowest BCUT2D eigenvalue weighted by atomic mass is 10.1. The van der Waals surface area contributed by atoms with Gasteiger partial charge < -0.3 is 9.67 Å². The number of thiophene rings is 1. The van der Waals surface area contributed by atoms with Crippen molar-refractivity contribution in [2.45, 2.75) is 26.3 Å². The molecule has 4 nitrogen and oxygen atoms in total. The molecule has 0 aliphatic carbocycles. The molecule has 0 saturated carbocycles. The Morgan fingerprint density at radius 2 is 2.24 bits per heavy atom. The molecule has 1 aromatic carbocycles. The van der Waals surface area contributed by atoms with Crippen molar-refractivity contribution in [1.82, 2.24) is 9.55 Å². The second kappa shape index (κ2) is 5.33. The minimum Gasteiger partial charge on any atom is -0.478 e. The summed E-state index contributed by atoms with van der Waals surface area (Å²) >= 11 is 1.64. The number of carboxylic acids is 1. The Labute approximate surface area is 126 Å². The quantitative estimate of drug-likeness (QED) is 0.793. The van der Waals surface area contributed by atoms with Gasteiger partial charge >= 0.3 is 5.97 Å². The molecule has 0 aliphatic heterocycles. The molecular formula is C16H16N2O2S. The number of nitrogens with zero attached hydrogens (tertiary/aromatic N) is 2. The van der Waals surface area contributed by atoms with Crippen molar-refractivity contribution in [2.24, 2.45) is 0 Å². The summed E-state index contributed by atoms with van der Waals surface area (Å²) in [6.45, 7) is 4.12. The molecule has 2 aromatic heterocycles. The number of aryl methyl sites for hydroxylation is 1. The molecule has 0 aliphatic rings. The van der Waals surface area contributed by atoms with Gasteiger partial charge in [0.05, 0.1) is 22.6 Å². The Kier molecular flexibility index (Phi) is 3.51. The molecule has 0 radical (unpaired) electrons. The molecule has 3 rings (SSSR count). The Hall–Kier alpha value is -2.14. The van der Waals surface area contributed by atoms with Crippen LogP contribution in [0.3, 0.4) is 0 Å². The smallest absolute Gasteiger partial charge is 0.337 e. The highest BCUT2D eigenvalue weighted by molar-refractivity contribution is 7.07. The first-order valence-corrected chi connectivity index (χ1v) is 7.83. The van der Waals surface area contributed by atoms with Crippen molar-refractivity contribution < 1.29 is 9.90 Å². The molecule has 3 aromatic rings. The maximum Gasteiger partial charge on any atom is 0.337 e. The molecule has 0 bridgehead atoms. The molecule has 2 heterocycles. The summed E-state index contributed by atoms with van der Waals surface area (Å²) in [7, 11) is 0. The fourth-order valence-corrected chi connectivity index (χ4v) is 3.44. The van der Waals surface area contributed by atoms with Gasteiger partial charge in [0.2, 0.25) is 0 Å². The number of fused-ring (bicyclic) bond motifs is 1. The number of carbonyl (C=O) groups is 1. The van der Waals surface area contributed by atoms with Gasteiger partial charge in [-0.2, -0.15) is 11.3 Å². The first-order chi connectivity index (χ1) is 10.1.